The molecule has 0 unspecified atom stereocenters. The molecule has 9 nitrogen and oxygen atoms in total. The van der Waals surface area contributed by atoms with E-state index in [1.165, 1.54) is 0 Å². The van der Waals surface area contributed by atoms with Crippen molar-refractivity contribution < 1.29 is 13.5 Å². The first-order valence-corrected chi connectivity index (χ1v) is 11.7. The lowest BCUT2D eigenvalue weighted by Gasteiger charge is -2.09. The fraction of sp³-hybridized carbons (Fsp3) is 0.0870. The molecule has 4 heterocycles. The van der Waals surface area contributed by atoms with Gasteiger partial charge in [-0.25, -0.2) is 27.8 Å². The van der Waals surface area contributed by atoms with Crippen molar-refractivity contribution in [1.29, 1.82) is 0 Å². The van der Waals surface area contributed by atoms with Gasteiger partial charge in [-0.15, -0.1) is 0 Å². The molecule has 0 fully saturated rings. The molecule has 0 aliphatic heterocycles. The maximum Gasteiger partial charge on any atom is 0.240 e. The Balaban J connectivity index is 1.50. The molecule has 33 heavy (non-hydrogen) atoms. The minimum Gasteiger partial charge on any atom is -0.395 e. The van der Waals surface area contributed by atoms with Gasteiger partial charge >= 0.3 is 0 Å². The minimum absolute atomic E-state index is 0.0265. The Morgan fingerprint density at radius 3 is 2.52 bits per heavy atom. The summed E-state index contributed by atoms with van der Waals surface area (Å²) in [5.74, 6) is 0.704. The first-order valence-electron chi connectivity index (χ1n) is 10.2. The van der Waals surface area contributed by atoms with E-state index < -0.39 is 10.0 Å². The molecule has 0 saturated carbocycles. The number of rotatable bonds is 7. The van der Waals surface area contributed by atoms with E-state index in [1.807, 2.05) is 53.3 Å². The molecule has 0 aliphatic carbocycles. The Labute approximate surface area is 190 Å². The number of fused-ring (bicyclic) bond motifs is 1. The zero-order chi connectivity index (χ0) is 22.8. The smallest absolute Gasteiger partial charge is 0.240 e. The highest BCUT2D eigenvalue weighted by Gasteiger charge is 2.14. The van der Waals surface area contributed by atoms with Crippen molar-refractivity contribution in [2.45, 2.75) is 4.90 Å². The van der Waals surface area contributed by atoms with E-state index in [0.29, 0.717) is 5.82 Å². The molecule has 0 amide bonds. The predicted octanol–water partition coefficient (Wildman–Crippen LogP) is 2.52. The largest absolute Gasteiger partial charge is 0.395 e. The molecule has 0 bridgehead atoms. The van der Waals surface area contributed by atoms with Crippen molar-refractivity contribution in [3.05, 3.63) is 85.6 Å². The number of nitrogens with zero attached hydrogens (tertiary/aromatic N) is 5. The highest BCUT2D eigenvalue weighted by molar-refractivity contribution is 7.89. The van der Waals surface area contributed by atoms with Crippen molar-refractivity contribution in [2.24, 2.45) is 0 Å². The molecule has 0 spiro atoms. The summed E-state index contributed by atoms with van der Waals surface area (Å²) >= 11 is 0. The molecule has 10 heteroatoms. The predicted molar refractivity (Wildman–Crippen MR) is 123 cm³/mol. The summed E-state index contributed by atoms with van der Waals surface area (Å²) in [5, 5.41) is 13.1. The molecule has 4 aromatic heterocycles. The van der Waals surface area contributed by atoms with Crippen molar-refractivity contribution in [3.8, 4) is 28.2 Å². The fourth-order valence-electron chi connectivity index (χ4n) is 3.56. The number of pyridine rings is 2. The molecule has 1 aromatic carbocycles. The highest BCUT2D eigenvalue weighted by Crippen LogP contribution is 2.26. The van der Waals surface area contributed by atoms with Gasteiger partial charge < -0.3 is 5.11 Å². The number of nitrogens with one attached hydrogen (secondary N) is 1. The minimum atomic E-state index is -3.65. The molecule has 2 N–H and O–H groups in total. The van der Waals surface area contributed by atoms with Gasteiger partial charge in [-0.3, -0.25) is 4.40 Å². The standard InChI is InChI=1S/C23H20N6O3S/c30-13-11-27-33(31,32)20-5-2-17(3-6-20)19-4-7-22-25-15-21(28(22)16-19)18-8-10-24-23(14-18)29-12-1-9-26-29/h1-10,12,14-16,27,30H,11,13H2. The van der Waals surface area contributed by atoms with Crippen LogP contribution in [0.25, 0.3) is 33.8 Å². The van der Waals surface area contributed by atoms with E-state index in [-0.39, 0.29) is 18.0 Å². The van der Waals surface area contributed by atoms with Crippen LogP contribution in [0.15, 0.2) is 90.5 Å². The van der Waals surface area contributed by atoms with Crippen LogP contribution in [0.1, 0.15) is 0 Å². The van der Waals surface area contributed by atoms with Gasteiger partial charge in [-0.05, 0) is 53.6 Å². The van der Waals surface area contributed by atoms with Crippen LogP contribution < -0.4 is 4.72 Å². The third-order valence-corrected chi connectivity index (χ3v) is 6.66. The van der Waals surface area contributed by atoms with Gasteiger partial charge in [0, 0.05) is 36.9 Å². The first kappa shape index (κ1) is 21.0. The maximum atomic E-state index is 12.2. The number of aliphatic hydroxyl groups excluding tert-OH is 1. The highest BCUT2D eigenvalue weighted by atomic mass is 32.2. The normalized spacial score (nSPS) is 11.8. The lowest BCUT2D eigenvalue weighted by Crippen LogP contribution is -2.26. The Bertz CT molecular complexity index is 1510. The summed E-state index contributed by atoms with van der Waals surface area (Å²) in [6, 6.07) is 16.2. The zero-order valence-corrected chi connectivity index (χ0v) is 18.2. The van der Waals surface area contributed by atoms with Crippen molar-refractivity contribution >= 4 is 15.7 Å². The topological polar surface area (TPSA) is 114 Å². The third-order valence-electron chi connectivity index (χ3n) is 5.19. The Hall–Kier alpha value is -3.86. The first-order chi connectivity index (χ1) is 16.0. The maximum absolute atomic E-state index is 12.2. The van der Waals surface area contributed by atoms with E-state index in [4.69, 9.17) is 5.11 Å². The van der Waals surface area contributed by atoms with Gasteiger partial charge in [0.05, 0.1) is 23.4 Å². The van der Waals surface area contributed by atoms with Gasteiger partial charge in [0.2, 0.25) is 10.0 Å². The van der Waals surface area contributed by atoms with Crippen LogP contribution in [-0.2, 0) is 10.0 Å². The number of sulfonamides is 1. The van der Waals surface area contributed by atoms with Gasteiger partial charge in [-0.2, -0.15) is 5.10 Å². The summed E-state index contributed by atoms with van der Waals surface area (Å²) in [5.41, 5.74) is 4.41. The van der Waals surface area contributed by atoms with Crippen LogP contribution in [0.5, 0.6) is 0 Å². The average Bonchev–Trinajstić information content (AvgIpc) is 3.53. The van der Waals surface area contributed by atoms with Crippen LogP contribution in [0, 0.1) is 0 Å². The van der Waals surface area contributed by atoms with Crippen molar-refractivity contribution in [2.75, 3.05) is 13.2 Å². The fourth-order valence-corrected chi connectivity index (χ4v) is 4.58. The van der Waals surface area contributed by atoms with Crippen molar-refractivity contribution in [3.63, 3.8) is 0 Å². The monoisotopic (exact) mass is 460 g/mol. The molecule has 5 rings (SSSR count). The number of benzene rings is 1. The van der Waals surface area contributed by atoms with E-state index in [2.05, 4.69) is 19.8 Å². The van der Waals surface area contributed by atoms with Gasteiger partial charge in [0.1, 0.15) is 5.65 Å². The number of aromatic nitrogens is 5. The lowest BCUT2D eigenvalue weighted by atomic mass is 10.1. The Morgan fingerprint density at radius 2 is 1.76 bits per heavy atom. The number of hydrogen-bond donors (Lipinski definition) is 2. The van der Waals surface area contributed by atoms with E-state index >= 15 is 0 Å². The van der Waals surface area contributed by atoms with E-state index in [0.717, 1.165) is 28.0 Å². The molecule has 0 saturated heterocycles. The number of imidazole rings is 1. The van der Waals surface area contributed by atoms with Gasteiger partial charge in [-0.1, -0.05) is 12.1 Å². The van der Waals surface area contributed by atoms with Gasteiger partial charge in [0.25, 0.3) is 0 Å². The van der Waals surface area contributed by atoms with Crippen LogP contribution in [0.3, 0.4) is 0 Å². The molecule has 0 radical (unpaired) electrons. The van der Waals surface area contributed by atoms with Crippen LogP contribution in [-0.4, -0.2) is 50.8 Å². The van der Waals surface area contributed by atoms with Crippen LogP contribution in [0.2, 0.25) is 0 Å². The average molecular weight is 461 g/mol. The van der Waals surface area contributed by atoms with Crippen LogP contribution in [0.4, 0.5) is 0 Å². The Kier molecular flexibility index (Phi) is 5.47. The molecule has 0 aliphatic rings. The SMILES string of the molecule is O=S(=O)(NCCO)c1ccc(-c2ccc3ncc(-c4ccnc(-n5cccn5)c4)n3c2)cc1. The summed E-state index contributed by atoms with van der Waals surface area (Å²) in [6.07, 6.45) is 9.05. The second-order valence-electron chi connectivity index (χ2n) is 7.29. The molecular weight excluding hydrogens is 440 g/mol. The third kappa shape index (κ3) is 4.14. The van der Waals surface area contributed by atoms with E-state index in [9.17, 15) is 8.42 Å². The lowest BCUT2D eigenvalue weighted by molar-refractivity contribution is 0.301. The second-order valence-corrected chi connectivity index (χ2v) is 9.06. The second kappa shape index (κ2) is 8.58. The molecule has 5 aromatic rings. The zero-order valence-electron chi connectivity index (χ0n) is 17.4. The summed E-state index contributed by atoms with van der Waals surface area (Å²) in [7, 11) is -3.65. The molecule has 0 atom stereocenters. The summed E-state index contributed by atoms with van der Waals surface area (Å²) in [6.45, 7) is -0.285. The summed E-state index contributed by atoms with van der Waals surface area (Å²) < 4.78 is 30.5. The van der Waals surface area contributed by atoms with Crippen molar-refractivity contribution in [1.82, 2.24) is 28.9 Å². The Morgan fingerprint density at radius 1 is 0.939 bits per heavy atom. The molecule has 166 valence electrons. The van der Waals surface area contributed by atoms with Gasteiger partial charge in [0.15, 0.2) is 5.82 Å². The number of hydrogen-bond acceptors (Lipinski definition) is 6. The summed E-state index contributed by atoms with van der Waals surface area (Å²) in [4.78, 5) is 9.04. The van der Waals surface area contributed by atoms with E-state index in [1.54, 1.807) is 41.3 Å². The quantitative estimate of drug-likeness (QED) is 0.386. The number of aliphatic hydroxyl groups is 1. The van der Waals surface area contributed by atoms with Crippen LogP contribution >= 0.6 is 0 Å². The molecular formula is C23H20N6O3S.